The fourth-order valence-electron chi connectivity index (χ4n) is 2.34. The molecule has 25 heavy (non-hydrogen) atoms. The van der Waals surface area contributed by atoms with Crippen LogP contribution in [0.3, 0.4) is 0 Å². The first-order valence-electron chi connectivity index (χ1n) is 7.34. The lowest BCUT2D eigenvalue weighted by atomic mass is 10.3. The molecule has 3 aromatic rings. The molecule has 2 aromatic heterocycles. The molecule has 0 N–H and O–H groups in total. The summed E-state index contributed by atoms with van der Waals surface area (Å²) in [5.41, 5.74) is 1.22. The van der Waals surface area contributed by atoms with Gasteiger partial charge in [-0.3, -0.25) is 14.3 Å². The van der Waals surface area contributed by atoms with Gasteiger partial charge in [0.25, 0.3) is 5.91 Å². The molecule has 2 heterocycles. The number of thioether (sulfide) groups is 1. The first kappa shape index (κ1) is 17.4. The molecular formula is C16H16N4O3S2. The van der Waals surface area contributed by atoms with Gasteiger partial charge < -0.3 is 9.30 Å². The van der Waals surface area contributed by atoms with Crippen LogP contribution in [0.25, 0.3) is 10.2 Å². The molecule has 1 amide bonds. The highest BCUT2D eigenvalue weighted by Crippen LogP contribution is 2.24. The van der Waals surface area contributed by atoms with E-state index in [1.165, 1.54) is 23.1 Å². The van der Waals surface area contributed by atoms with Crippen molar-refractivity contribution >= 4 is 45.2 Å². The van der Waals surface area contributed by atoms with Gasteiger partial charge in [0.1, 0.15) is 12.2 Å². The maximum Gasteiger partial charge on any atom is 0.325 e. The summed E-state index contributed by atoms with van der Waals surface area (Å²) in [6.07, 6.45) is 3.54. The second-order valence-electron chi connectivity index (χ2n) is 5.14. The molecule has 0 aliphatic carbocycles. The summed E-state index contributed by atoms with van der Waals surface area (Å²) in [6, 6.07) is 7.52. The Kier molecular flexibility index (Phi) is 5.05. The van der Waals surface area contributed by atoms with Crippen molar-refractivity contribution in [3.63, 3.8) is 0 Å². The van der Waals surface area contributed by atoms with E-state index in [0.717, 1.165) is 15.1 Å². The third-order valence-electron chi connectivity index (χ3n) is 3.64. The van der Waals surface area contributed by atoms with Gasteiger partial charge in [-0.25, -0.2) is 0 Å². The minimum absolute atomic E-state index is 0.00733. The fraction of sp³-hybridized carbons (Fsp3) is 0.250. The van der Waals surface area contributed by atoms with Crippen molar-refractivity contribution < 1.29 is 14.3 Å². The van der Waals surface area contributed by atoms with Crippen molar-refractivity contribution in [2.24, 2.45) is 12.0 Å². The lowest BCUT2D eigenvalue weighted by molar-refractivity contribution is -0.141. The molecule has 0 unspecified atom stereocenters. The van der Waals surface area contributed by atoms with Gasteiger partial charge in [0.15, 0.2) is 4.80 Å². The maximum absolute atomic E-state index is 12.4. The predicted octanol–water partition coefficient (Wildman–Crippen LogP) is 2.07. The molecule has 0 saturated heterocycles. The van der Waals surface area contributed by atoms with Crippen molar-refractivity contribution in [1.82, 2.24) is 14.3 Å². The van der Waals surface area contributed by atoms with Crippen molar-refractivity contribution in [3.8, 4) is 0 Å². The number of methoxy groups -OCH3 is 1. The molecule has 0 aliphatic heterocycles. The summed E-state index contributed by atoms with van der Waals surface area (Å²) >= 11 is 2.99. The Balaban J connectivity index is 2.16. The summed E-state index contributed by atoms with van der Waals surface area (Å²) in [7, 11) is 3.02. The second kappa shape index (κ2) is 7.24. The van der Waals surface area contributed by atoms with Crippen molar-refractivity contribution in [1.29, 1.82) is 0 Å². The predicted molar refractivity (Wildman–Crippen MR) is 96.7 cm³/mol. The van der Waals surface area contributed by atoms with E-state index in [2.05, 4.69) is 10.1 Å². The number of rotatable bonds is 4. The molecule has 9 heteroatoms. The van der Waals surface area contributed by atoms with Crippen LogP contribution in [0.4, 0.5) is 0 Å². The van der Waals surface area contributed by atoms with Crippen LogP contribution in [0.2, 0.25) is 0 Å². The number of carbonyl (C=O) groups excluding carboxylic acids is 2. The van der Waals surface area contributed by atoms with Crippen LogP contribution in [-0.2, 0) is 23.1 Å². The average molecular weight is 376 g/mol. The van der Waals surface area contributed by atoms with E-state index in [0.29, 0.717) is 10.5 Å². The molecule has 0 fully saturated rings. The number of aryl methyl sites for hydroxylation is 1. The van der Waals surface area contributed by atoms with Gasteiger partial charge in [0.05, 0.1) is 17.3 Å². The van der Waals surface area contributed by atoms with Crippen molar-refractivity contribution in [2.45, 2.75) is 11.4 Å². The van der Waals surface area contributed by atoms with E-state index in [-0.39, 0.29) is 6.54 Å². The molecule has 0 spiro atoms. The van der Waals surface area contributed by atoms with Gasteiger partial charge in [0.2, 0.25) is 0 Å². The van der Waals surface area contributed by atoms with Crippen molar-refractivity contribution in [3.05, 3.63) is 41.0 Å². The zero-order valence-corrected chi connectivity index (χ0v) is 15.6. The summed E-state index contributed by atoms with van der Waals surface area (Å²) in [5.74, 6) is -0.807. The van der Waals surface area contributed by atoms with Gasteiger partial charge in [-0.05, 0) is 30.5 Å². The summed E-state index contributed by atoms with van der Waals surface area (Å²) in [6.45, 7) is -0.00733. The first-order valence-corrected chi connectivity index (χ1v) is 9.39. The number of fused-ring (bicyclic) bond motifs is 1. The minimum atomic E-state index is -0.407. The molecule has 130 valence electrons. The minimum Gasteiger partial charge on any atom is -0.468 e. The Morgan fingerprint density at radius 3 is 2.80 bits per heavy atom. The Hall–Kier alpha value is -2.39. The van der Waals surface area contributed by atoms with Crippen LogP contribution in [-0.4, -0.2) is 39.6 Å². The summed E-state index contributed by atoms with van der Waals surface area (Å²) in [5, 5.41) is 3.98. The average Bonchev–Trinajstić information content (AvgIpc) is 3.18. The van der Waals surface area contributed by atoms with Crippen molar-refractivity contribution in [2.75, 3.05) is 13.4 Å². The molecule has 3 rings (SSSR count). The van der Waals surface area contributed by atoms with E-state index < -0.39 is 11.9 Å². The smallest absolute Gasteiger partial charge is 0.325 e. The number of hydrogen-bond acceptors (Lipinski definition) is 6. The van der Waals surface area contributed by atoms with Gasteiger partial charge in [0, 0.05) is 18.1 Å². The Labute approximate surface area is 151 Å². The number of esters is 1. The van der Waals surface area contributed by atoms with Gasteiger partial charge in [-0.1, -0.05) is 11.3 Å². The molecule has 0 aliphatic rings. The quantitative estimate of drug-likeness (QED) is 0.514. The topological polar surface area (TPSA) is 78.5 Å². The number of thiazole rings is 1. The number of nitrogens with zero attached hydrogens (tertiary/aromatic N) is 4. The van der Waals surface area contributed by atoms with Crippen LogP contribution in [0.5, 0.6) is 0 Å². The SMILES string of the molecule is COC(=O)Cn1c(=NC(=O)c2ccnn2C)sc2cc(SC)ccc21. The number of hydrogen-bond donors (Lipinski definition) is 0. The monoisotopic (exact) mass is 376 g/mol. The van der Waals surface area contributed by atoms with Crippen LogP contribution < -0.4 is 4.80 Å². The number of carbonyl (C=O) groups is 2. The Bertz CT molecular complexity index is 1020. The fourth-order valence-corrected chi connectivity index (χ4v) is 3.92. The van der Waals surface area contributed by atoms with Crippen LogP contribution in [0.15, 0.2) is 40.4 Å². The van der Waals surface area contributed by atoms with Gasteiger partial charge >= 0.3 is 5.97 Å². The van der Waals surface area contributed by atoms with Crippen LogP contribution in [0, 0.1) is 0 Å². The molecule has 0 bridgehead atoms. The first-order chi connectivity index (χ1) is 12.0. The molecule has 0 saturated carbocycles. The van der Waals surface area contributed by atoms with E-state index in [4.69, 9.17) is 4.74 Å². The van der Waals surface area contributed by atoms with Crippen LogP contribution >= 0.6 is 23.1 Å². The highest BCUT2D eigenvalue weighted by atomic mass is 32.2. The summed E-state index contributed by atoms with van der Waals surface area (Å²) < 4.78 is 8.89. The third kappa shape index (κ3) is 3.52. The summed E-state index contributed by atoms with van der Waals surface area (Å²) in [4.78, 5) is 30.0. The lowest BCUT2D eigenvalue weighted by Crippen LogP contribution is -2.22. The molecule has 1 aromatic carbocycles. The van der Waals surface area contributed by atoms with Gasteiger partial charge in [-0.2, -0.15) is 10.1 Å². The normalized spacial score (nSPS) is 11.9. The number of benzene rings is 1. The second-order valence-corrected chi connectivity index (χ2v) is 7.03. The number of aromatic nitrogens is 3. The number of ether oxygens (including phenoxy) is 1. The standard InChI is InChI=1S/C16H16N4O3S2/c1-19-12(6-7-17-19)15(22)18-16-20(9-14(21)23-2)11-5-4-10(24-3)8-13(11)25-16/h4-8H,9H2,1-3H3. The largest absolute Gasteiger partial charge is 0.468 e. The number of amides is 1. The highest BCUT2D eigenvalue weighted by molar-refractivity contribution is 7.98. The van der Waals surface area contributed by atoms with E-state index in [9.17, 15) is 9.59 Å². The molecule has 0 atom stereocenters. The Morgan fingerprint density at radius 1 is 1.36 bits per heavy atom. The van der Waals surface area contributed by atoms with Gasteiger partial charge in [-0.15, -0.1) is 11.8 Å². The zero-order chi connectivity index (χ0) is 18.0. The Morgan fingerprint density at radius 2 is 2.16 bits per heavy atom. The molecule has 0 radical (unpaired) electrons. The zero-order valence-electron chi connectivity index (χ0n) is 13.9. The lowest BCUT2D eigenvalue weighted by Gasteiger charge is -2.04. The van der Waals surface area contributed by atoms with E-state index in [1.807, 2.05) is 24.5 Å². The third-order valence-corrected chi connectivity index (χ3v) is 5.41. The molecular weight excluding hydrogens is 360 g/mol. The molecule has 7 nitrogen and oxygen atoms in total. The van der Waals surface area contributed by atoms with E-state index in [1.54, 1.807) is 35.6 Å². The van der Waals surface area contributed by atoms with Crippen LogP contribution in [0.1, 0.15) is 10.5 Å². The van der Waals surface area contributed by atoms with E-state index >= 15 is 0 Å². The maximum atomic E-state index is 12.4. The highest BCUT2D eigenvalue weighted by Gasteiger charge is 2.14.